The van der Waals surface area contributed by atoms with Gasteiger partial charge in [-0.05, 0) is 73.8 Å². The average molecular weight is 657 g/mol. The molecule has 8 aromatic rings. The SMILES string of the molecule is [2H]C([2H])([2H])c1ccc(-c2cc3c(c4oc5ccccc5c24)-c2n(c4ccccc4[n+]2CC)C32c3ccccc3-c3cc(C)c([Si](C)(C)C)c[n+]32)cc1. The average Bonchev–Trinajstić information content (AvgIpc) is 3.83. The Kier molecular flexibility index (Phi) is 5.08. The van der Waals surface area contributed by atoms with Gasteiger partial charge in [-0.3, -0.25) is 0 Å². The number of imidazole rings is 1. The molecule has 5 heteroatoms. The first kappa shape index (κ1) is 25.7. The zero-order chi connectivity index (χ0) is 35.9. The van der Waals surface area contributed by atoms with Gasteiger partial charge >= 0.3 is 11.5 Å². The zero-order valence-electron chi connectivity index (χ0n) is 31.4. The largest absolute Gasteiger partial charge is 0.455 e. The van der Waals surface area contributed by atoms with Crippen LogP contribution in [0, 0.1) is 13.8 Å². The molecule has 0 N–H and O–H groups in total. The van der Waals surface area contributed by atoms with Gasteiger partial charge in [0.05, 0.1) is 31.3 Å². The molecule has 2 aliphatic rings. The number of rotatable bonds is 3. The molecule has 0 amide bonds. The Labute approximate surface area is 291 Å². The lowest BCUT2D eigenvalue weighted by molar-refractivity contribution is -0.734. The van der Waals surface area contributed by atoms with Crippen molar-refractivity contribution >= 4 is 46.2 Å². The van der Waals surface area contributed by atoms with Crippen molar-refractivity contribution in [1.29, 1.82) is 0 Å². The summed E-state index contributed by atoms with van der Waals surface area (Å²) in [6.45, 7) is 10.4. The van der Waals surface area contributed by atoms with Crippen molar-refractivity contribution in [2.75, 3.05) is 0 Å². The van der Waals surface area contributed by atoms with E-state index in [2.05, 4.69) is 132 Å². The van der Waals surface area contributed by atoms with Crippen molar-refractivity contribution in [1.82, 2.24) is 4.57 Å². The molecule has 10 rings (SSSR count). The van der Waals surface area contributed by atoms with Gasteiger partial charge in [-0.25, -0.2) is 4.57 Å². The number of pyridine rings is 1. The van der Waals surface area contributed by atoms with E-state index >= 15 is 0 Å². The van der Waals surface area contributed by atoms with Gasteiger partial charge in [0.1, 0.15) is 11.1 Å². The van der Waals surface area contributed by atoms with Crippen molar-refractivity contribution in [2.45, 2.75) is 52.5 Å². The topological polar surface area (TPSA) is 25.8 Å². The van der Waals surface area contributed by atoms with Crippen LogP contribution < -0.4 is 14.3 Å². The molecule has 5 heterocycles. The summed E-state index contributed by atoms with van der Waals surface area (Å²) in [5, 5.41) is 3.51. The van der Waals surface area contributed by atoms with Gasteiger partial charge in [-0.2, -0.15) is 4.57 Å². The highest BCUT2D eigenvalue weighted by atomic mass is 28.3. The van der Waals surface area contributed by atoms with E-state index in [1.54, 1.807) is 12.1 Å². The number of para-hydroxylation sites is 3. The second kappa shape index (κ2) is 9.67. The first-order chi connectivity index (χ1) is 24.9. The number of aryl methyl sites for hydroxylation is 3. The lowest BCUT2D eigenvalue weighted by atomic mass is 9.85. The third kappa shape index (κ3) is 3.53. The summed E-state index contributed by atoms with van der Waals surface area (Å²) >= 11 is 0. The summed E-state index contributed by atoms with van der Waals surface area (Å²) < 4.78 is 38.8. The van der Waals surface area contributed by atoms with E-state index < -0.39 is 20.6 Å². The van der Waals surface area contributed by atoms with Gasteiger partial charge in [0.25, 0.3) is 0 Å². The predicted octanol–water partition coefficient (Wildman–Crippen LogP) is 9.22. The first-order valence-corrected chi connectivity index (χ1v) is 20.8. The summed E-state index contributed by atoms with van der Waals surface area (Å²) in [7, 11) is -1.78. The number of aromatic nitrogens is 3. The highest BCUT2D eigenvalue weighted by molar-refractivity contribution is 6.88. The van der Waals surface area contributed by atoms with E-state index in [9.17, 15) is 0 Å². The Morgan fingerprint density at radius 2 is 1.59 bits per heavy atom. The fourth-order valence-corrected chi connectivity index (χ4v) is 10.8. The van der Waals surface area contributed by atoms with Gasteiger partial charge in [-0.15, -0.1) is 4.57 Å². The minimum atomic E-state index is -2.18. The molecule has 1 unspecified atom stereocenters. The molecule has 0 aliphatic carbocycles. The number of hydrogen-bond acceptors (Lipinski definition) is 1. The summed E-state index contributed by atoms with van der Waals surface area (Å²) in [6, 6.07) is 38.2. The number of nitrogens with zero attached hydrogens (tertiary/aromatic N) is 3. The minimum absolute atomic E-state index is 0.331. The molecule has 0 fully saturated rings. The fourth-order valence-electron chi connectivity index (χ4n) is 9.08. The van der Waals surface area contributed by atoms with Gasteiger partial charge < -0.3 is 4.42 Å². The van der Waals surface area contributed by atoms with Crippen LogP contribution in [0.3, 0.4) is 0 Å². The maximum absolute atomic E-state index is 8.06. The van der Waals surface area contributed by atoms with Crippen molar-refractivity contribution in [3.63, 3.8) is 0 Å². The lowest BCUT2D eigenvalue weighted by Crippen LogP contribution is -2.61. The maximum atomic E-state index is 8.06. The van der Waals surface area contributed by atoms with Crippen LogP contribution in [0.15, 0.2) is 120 Å². The third-order valence-corrected chi connectivity index (χ3v) is 13.1. The van der Waals surface area contributed by atoms with Crippen LogP contribution in [0.5, 0.6) is 0 Å². The quantitative estimate of drug-likeness (QED) is 0.138. The summed E-state index contributed by atoms with van der Waals surface area (Å²) in [4.78, 5) is 0. The second-order valence-electron chi connectivity index (χ2n) is 14.7. The van der Waals surface area contributed by atoms with E-state index in [0.29, 0.717) is 5.56 Å². The fraction of sp³-hybridized carbons (Fsp3) is 0.182. The van der Waals surface area contributed by atoms with Crippen molar-refractivity contribution < 1.29 is 17.7 Å². The zero-order valence-corrected chi connectivity index (χ0v) is 29.4. The summed E-state index contributed by atoms with van der Waals surface area (Å²) in [5.41, 5.74) is 12.8. The van der Waals surface area contributed by atoms with Crippen LogP contribution in [0.4, 0.5) is 0 Å². The van der Waals surface area contributed by atoms with Crippen LogP contribution in [0.1, 0.15) is 33.3 Å². The molecule has 0 radical (unpaired) electrons. The number of fused-ring (bicyclic) bond motifs is 16. The Balaban J connectivity index is 1.45. The van der Waals surface area contributed by atoms with Crippen LogP contribution in [0.2, 0.25) is 19.6 Å². The number of benzene rings is 5. The van der Waals surface area contributed by atoms with Gasteiger partial charge in [-0.1, -0.05) is 91.9 Å². The molecule has 5 aromatic carbocycles. The number of furan rings is 1. The van der Waals surface area contributed by atoms with Crippen LogP contribution in [-0.2, 0) is 12.2 Å². The first-order valence-electron chi connectivity index (χ1n) is 18.8. The second-order valence-corrected chi connectivity index (χ2v) is 19.8. The van der Waals surface area contributed by atoms with Crippen LogP contribution in [0.25, 0.3) is 66.7 Å². The molecule has 3 aromatic heterocycles. The number of hydrogen-bond donors (Lipinski definition) is 0. The molecule has 4 nitrogen and oxygen atoms in total. The van der Waals surface area contributed by atoms with E-state index in [1.807, 2.05) is 18.2 Å². The van der Waals surface area contributed by atoms with Crippen LogP contribution in [-0.4, -0.2) is 12.6 Å². The van der Waals surface area contributed by atoms with Crippen LogP contribution >= 0.6 is 0 Å². The molecule has 1 atom stereocenters. The Bertz CT molecular complexity index is 2820. The van der Waals surface area contributed by atoms with E-state index in [0.717, 1.165) is 62.1 Å². The molecule has 1 spiro atoms. The smallest absolute Gasteiger partial charge is 0.364 e. The normalized spacial score (nSPS) is 17.3. The molecule has 238 valence electrons. The highest BCUT2D eigenvalue weighted by Gasteiger charge is 2.67. The third-order valence-electron chi connectivity index (χ3n) is 11.0. The molecule has 0 saturated heterocycles. The van der Waals surface area contributed by atoms with E-state index in [-0.39, 0.29) is 0 Å². The van der Waals surface area contributed by atoms with Crippen molar-refractivity contribution in [2.24, 2.45) is 0 Å². The highest BCUT2D eigenvalue weighted by Crippen LogP contribution is 2.56. The molecule has 0 bridgehead atoms. The summed E-state index contributed by atoms with van der Waals surface area (Å²) in [6.07, 6.45) is 2.47. The molecule has 2 aliphatic heterocycles. The molecule has 49 heavy (non-hydrogen) atoms. The monoisotopic (exact) mass is 656 g/mol. The standard InChI is InChI=1S/C44H39N3OSi/c1-7-45-35-17-11-12-18-36(35)47-43(45)41-34(25-32(29-22-20-27(2)21-23-29)40-31-15-9-13-19-38(31)48-42(40)41)44(47)33-16-10-8-14-30(33)37-24-28(3)39(26-46(37)44)49(4,5)6/h8-26H,7H2,1-6H3/q+2/i2D3. The van der Waals surface area contributed by atoms with Gasteiger partial charge in [0.2, 0.25) is 5.69 Å². The Morgan fingerprint density at radius 1 is 0.837 bits per heavy atom. The van der Waals surface area contributed by atoms with Crippen molar-refractivity contribution in [3.8, 4) is 33.8 Å². The minimum Gasteiger partial charge on any atom is -0.455 e. The maximum Gasteiger partial charge on any atom is 0.364 e. The van der Waals surface area contributed by atoms with E-state index in [4.69, 9.17) is 8.53 Å². The van der Waals surface area contributed by atoms with Gasteiger partial charge in [0.15, 0.2) is 22.8 Å². The molecular weight excluding hydrogens is 615 g/mol. The van der Waals surface area contributed by atoms with Crippen molar-refractivity contribution in [3.05, 3.63) is 138 Å². The molecule has 0 saturated carbocycles. The summed E-state index contributed by atoms with van der Waals surface area (Å²) in [5.74, 6) is 1.12. The molecular formula is C44H39N3OSi+2. The lowest BCUT2D eigenvalue weighted by Gasteiger charge is -2.24. The van der Waals surface area contributed by atoms with E-state index in [1.165, 1.54) is 33.1 Å². The van der Waals surface area contributed by atoms with Gasteiger partial charge in [0, 0.05) is 26.1 Å². The predicted molar refractivity (Wildman–Crippen MR) is 202 cm³/mol. The Morgan fingerprint density at radius 3 is 2.39 bits per heavy atom. The Hall–Kier alpha value is -5.26.